The van der Waals surface area contributed by atoms with Crippen LogP contribution in [0, 0.1) is 79.3 Å². The van der Waals surface area contributed by atoms with Gasteiger partial charge in [0.1, 0.15) is 53.6 Å². The van der Waals surface area contributed by atoms with Crippen LogP contribution in [-0.4, -0.2) is 0 Å². The van der Waals surface area contributed by atoms with Crippen LogP contribution in [-0.2, 0) is 24.7 Å². The van der Waals surface area contributed by atoms with Gasteiger partial charge in [0.15, 0.2) is 0 Å². The summed E-state index contributed by atoms with van der Waals surface area (Å²) < 4.78 is 167. The lowest BCUT2D eigenvalue weighted by atomic mass is 9.84. The highest BCUT2D eigenvalue weighted by atomic mass is 19.4. The maximum Gasteiger partial charge on any atom is 0.416 e. The molecule has 0 spiro atoms. The summed E-state index contributed by atoms with van der Waals surface area (Å²) in [6.45, 7) is 0. The third kappa shape index (κ3) is 6.32. The van der Waals surface area contributed by atoms with Gasteiger partial charge in [-0.25, -0.2) is 0 Å². The molecule has 3 aromatic rings. The highest BCUT2D eigenvalue weighted by molar-refractivity contribution is 6.31. The second-order valence-electron chi connectivity index (χ2n) is 11.5. The normalized spacial score (nSPS) is 13.7. The zero-order valence-corrected chi connectivity index (χ0v) is 26.7. The minimum absolute atomic E-state index is 0.152. The second kappa shape index (κ2) is 13.3. The lowest BCUT2D eigenvalue weighted by Gasteiger charge is -2.17. The molecule has 5 rings (SSSR count). The summed E-state index contributed by atoms with van der Waals surface area (Å²) in [4.78, 5) is 0. The van der Waals surface area contributed by atoms with Gasteiger partial charge in [-0.05, 0) is 53.6 Å². The molecule has 0 aromatic heterocycles. The molecule has 0 atom stereocenters. The summed E-state index contributed by atoms with van der Waals surface area (Å²) >= 11 is 0. The van der Waals surface area contributed by atoms with Crippen molar-refractivity contribution in [2.75, 3.05) is 0 Å². The Morgan fingerprint density at radius 3 is 0.893 bits per heavy atom. The van der Waals surface area contributed by atoms with Crippen molar-refractivity contribution in [3.8, 4) is 42.5 Å². The van der Waals surface area contributed by atoms with E-state index in [1.54, 1.807) is 6.07 Å². The van der Waals surface area contributed by atoms with Gasteiger partial charge in [-0.1, -0.05) is 0 Å². The van der Waals surface area contributed by atoms with Crippen LogP contribution in [0.15, 0.2) is 53.6 Å². The molecule has 0 aliphatic heterocycles. The minimum atomic E-state index is -5.45. The molecule has 0 radical (unpaired) electrons. The third-order valence-electron chi connectivity index (χ3n) is 8.40. The van der Waals surface area contributed by atoms with Gasteiger partial charge >= 0.3 is 24.7 Å². The van der Waals surface area contributed by atoms with Gasteiger partial charge in [-0.2, -0.15) is 89.5 Å². The zero-order chi connectivity index (χ0) is 41.9. The van der Waals surface area contributed by atoms with E-state index in [1.165, 1.54) is 36.4 Å². The molecule has 0 bridgehead atoms. The topological polar surface area (TPSA) is 167 Å². The van der Waals surface area contributed by atoms with E-state index in [0.717, 1.165) is 6.07 Å². The number of allylic oxidation sites excluding steroid dienone is 8. The van der Waals surface area contributed by atoms with Crippen molar-refractivity contribution < 1.29 is 52.7 Å². The number of nitrogens with zero attached hydrogens (tertiary/aromatic N) is 7. The maximum atomic E-state index is 13.9. The third-order valence-corrected chi connectivity index (χ3v) is 8.40. The maximum absolute atomic E-state index is 13.9. The Morgan fingerprint density at radius 1 is 0.393 bits per heavy atom. The fraction of sp³-hybridized carbons (Fsp3) is 0.108. The van der Waals surface area contributed by atoms with Crippen LogP contribution in [0.25, 0.3) is 33.4 Å². The van der Waals surface area contributed by atoms with Crippen LogP contribution in [0.3, 0.4) is 0 Å². The van der Waals surface area contributed by atoms with E-state index in [-0.39, 0.29) is 36.4 Å². The number of benzene rings is 3. The van der Waals surface area contributed by atoms with Gasteiger partial charge in [0, 0.05) is 44.5 Å². The number of fused-ring (bicyclic) bond motifs is 2. The number of nitriles is 7. The first kappa shape index (κ1) is 39.4. The zero-order valence-electron chi connectivity index (χ0n) is 26.7. The quantitative estimate of drug-likeness (QED) is 0.184. The second-order valence-corrected chi connectivity index (χ2v) is 11.5. The Labute approximate surface area is 304 Å². The van der Waals surface area contributed by atoms with E-state index in [1.807, 2.05) is 0 Å². The highest BCUT2D eigenvalue weighted by Crippen LogP contribution is 2.57. The van der Waals surface area contributed by atoms with Gasteiger partial charge in [0.2, 0.25) is 0 Å². The molecule has 0 saturated carbocycles. The van der Waals surface area contributed by atoms with Crippen molar-refractivity contribution in [2.24, 2.45) is 0 Å². The van der Waals surface area contributed by atoms with Gasteiger partial charge < -0.3 is 0 Å². The molecule has 3 aromatic carbocycles. The summed E-state index contributed by atoms with van der Waals surface area (Å²) in [6.07, 6.45) is -21.8. The van der Waals surface area contributed by atoms with Crippen LogP contribution >= 0.6 is 0 Å². The Morgan fingerprint density at radius 2 is 0.679 bits per heavy atom. The lowest BCUT2D eigenvalue weighted by Crippen LogP contribution is -2.12. The smallest absolute Gasteiger partial charge is 0.192 e. The predicted molar refractivity (Wildman–Crippen MR) is 165 cm³/mol. The van der Waals surface area contributed by atoms with E-state index < -0.39 is 130 Å². The molecule has 0 unspecified atom stereocenters. The van der Waals surface area contributed by atoms with Gasteiger partial charge in [0.05, 0.1) is 39.0 Å². The van der Waals surface area contributed by atoms with Gasteiger partial charge in [-0.15, -0.1) is 0 Å². The fourth-order valence-corrected chi connectivity index (χ4v) is 6.26. The van der Waals surface area contributed by atoms with Crippen LogP contribution in [0.1, 0.15) is 61.2 Å². The van der Waals surface area contributed by atoms with Gasteiger partial charge in [-0.3, -0.25) is 0 Å². The minimum Gasteiger partial charge on any atom is -0.192 e. The first-order valence-electron chi connectivity index (χ1n) is 14.6. The fourth-order valence-electron chi connectivity index (χ4n) is 6.26. The standard InChI is InChI=1S/C37H7F12N7/c38-34(39,40)19-1-15(2-20(5-19)35(41,42)43)28-25(12-54)23-7-24-26(13-55)29(16-3-21(36(44,45)46)6-22(4-16)37(47,48)49)31(18(10-52)11-53)33(24)27(14-56)32(23)30(28)17(8-50)9-51/h1-7H. The Bertz CT molecular complexity index is 2480. The molecular weight excluding hydrogens is 770 g/mol. The summed E-state index contributed by atoms with van der Waals surface area (Å²) in [6, 6.07) is 10.9. The molecule has 19 heteroatoms. The molecule has 274 valence electrons. The van der Waals surface area contributed by atoms with E-state index in [2.05, 4.69) is 0 Å². The molecule has 0 saturated heterocycles. The molecule has 2 aliphatic rings. The molecule has 7 nitrogen and oxygen atoms in total. The first-order chi connectivity index (χ1) is 26.0. The monoisotopic (exact) mass is 777 g/mol. The summed E-state index contributed by atoms with van der Waals surface area (Å²) in [5.74, 6) is 0. The van der Waals surface area contributed by atoms with Crippen molar-refractivity contribution in [2.45, 2.75) is 24.7 Å². The van der Waals surface area contributed by atoms with Crippen molar-refractivity contribution in [3.05, 3.63) is 115 Å². The van der Waals surface area contributed by atoms with E-state index >= 15 is 0 Å². The van der Waals surface area contributed by atoms with Crippen LogP contribution in [0.4, 0.5) is 52.7 Å². The molecule has 0 fully saturated rings. The Balaban J connectivity index is 2.05. The molecule has 0 amide bonds. The average Bonchev–Trinajstić information content (AvgIpc) is 3.62. The Kier molecular flexibility index (Phi) is 9.33. The summed E-state index contributed by atoms with van der Waals surface area (Å²) in [5, 5.41) is 70.9. The van der Waals surface area contributed by atoms with Crippen molar-refractivity contribution in [1.29, 1.82) is 36.8 Å². The molecule has 0 heterocycles. The Hall–Kier alpha value is -7.79. The van der Waals surface area contributed by atoms with E-state index in [4.69, 9.17) is 0 Å². The average molecular weight is 777 g/mol. The van der Waals surface area contributed by atoms with Crippen molar-refractivity contribution >= 4 is 33.4 Å². The molecule has 56 heavy (non-hydrogen) atoms. The van der Waals surface area contributed by atoms with Crippen LogP contribution in [0.5, 0.6) is 0 Å². The summed E-state index contributed by atoms with van der Waals surface area (Å²) in [5.41, 5.74) is -21.0. The number of halogens is 12. The van der Waals surface area contributed by atoms with Crippen LogP contribution in [0.2, 0.25) is 0 Å². The molecule has 2 aliphatic carbocycles. The van der Waals surface area contributed by atoms with Crippen molar-refractivity contribution in [3.63, 3.8) is 0 Å². The highest BCUT2D eigenvalue weighted by Gasteiger charge is 2.44. The number of hydrogen-bond donors (Lipinski definition) is 0. The number of rotatable bonds is 2. The lowest BCUT2D eigenvalue weighted by molar-refractivity contribution is -0.144. The predicted octanol–water partition coefficient (Wildman–Crippen LogP) is 10.1. The SMILES string of the molecule is N#CC(C#N)=C1C(c2cc(C(F)(F)F)cc(C(F)(F)F)c2)=C(C#N)c2cc3c(c(C#N)c21)C(=C(C#N)C#N)C(c1cc(C(F)(F)F)cc(C(F)(F)F)c1)=C3C#N. The number of hydrogen-bond acceptors (Lipinski definition) is 7. The van der Waals surface area contributed by atoms with E-state index in [0.29, 0.717) is 0 Å². The summed E-state index contributed by atoms with van der Waals surface area (Å²) in [7, 11) is 0. The van der Waals surface area contributed by atoms with E-state index in [9.17, 15) is 89.5 Å². The van der Waals surface area contributed by atoms with Gasteiger partial charge in [0.25, 0.3) is 0 Å². The molecule has 0 N–H and O–H groups in total. The van der Waals surface area contributed by atoms with Crippen molar-refractivity contribution in [1.82, 2.24) is 0 Å². The first-order valence-corrected chi connectivity index (χ1v) is 14.6. The molecular formula is C37H7F12N7. The number of alkyl halides is 12. The van der Waals surface area contributed by atoms with Crippen LogP contribution < -0.4 is 0 Å². The largest absolute Gasteiger partial charge is 0.416 e.